The molecule has 0 atom stereocenters. The van der Waals surface area contributed by atoms with Crippen molar-refractivity contribution < 1.29 is 23.5 Å². The minimum absolute atomic E-state index is 0.184. The number of hydrogen-bond donors (Lipinski definition) is 1. The number of benzene rings is 3. The second-order valence-corrected chi connectivity index (χ2v) is 10.6. The number of carbonyl (C=O) groups excluding carboxylic acids is 3. The first kappa shape index (κ1) is 26.6. The number of anilines is 1. The van der Waals surface area contributed by atoms with Crippen molar-refractivity contribution in [2.45, 2.75) is 26.4 Å². The summed E-state index contributed by atoms with van der Waals surface area (Å²) in [6.07, 6.45) is 1.57. The van der Waals surface area contributed by atoms with Gasteiger partial charge in [-0.2, -0.15) is 0 Å². The fourth-order valence-electron chi connectivity index (χ4n) is 3.58. The van der Waals surface area contributed by atoms with Crippen molar-refractivity contribution in [1.29, 1.82) is 0 Å². The number of nitrogens with zero attached hydrogens (tertiary/aromatic N) is 1. The molecule has 3 aromatic rings. The van der Waals surface area contributed by atoms with E-state index in [9.17, 15) is 18.8 Å². The minimum atomic E-state index is -0.551. The maximum atomic E-state index is 13.2. The number of ether oxygens (including phenoxy) is 1. The van der Waals surface area contributed by atoms with Gasteiger partial charge >= 0.3 is 0 Å². The zero-order valence-corrected chi connectivity index (χ0v) is 22.6. The Morgan fingerprint density at radius 1 is 1.08 bits per heavy atom. The first-order valence-electron chi connectivity index (χ1n) is 11.5. The van der Waals surface area contributed by atoms with Crippen molar-refractivity contribution in [2.24, 2.45) is 0 Å². The van der Waals surface area contributed by atoms with Gasteiger partial charge in [0.25, 0.3) is 11.1 Å². The highest BCUT2D eigenvalue weighted by Gasteiger charge is 2.36. The molecule has 0 aromatic heterocycles. The normalized spacial score (nSPS) is 14.5. The van der Waals surface area contributed by atoms with E-state index in [1.165, 1.54) is 12.1 Å². The van der Waals surface area contributed by atoms with E-state index in [1.807, 2.05) is 12.1 Å². The Hall–Kier alpha value is -3.43. The quantitative estimate of drug-likeness (QED) is 0.290. The van der Waals surface area contributed by atoms with Crippen molar-refractivity contribution in [3.8, 4) is 5.75 Å². The zero-order valence-electron chi connectivity index (χ0n) is 20.2. The van der Waals surface area contributed by atoms with Crippen LogP contribution in [0.5, 0.6) is 5.75 Å². The molecule has 37 heavy (non-hydrogen) atoms. The summed E-state index contributed by atoms with van der Waals surface area (Å²) < 4.78 is 19.8. The van der Waals surface area contributed by atoms with Gasteiger partial charge in [0.1, 0.15) is 24.7 Å². The van der Waals surface area contributed by atoms with Crippen LogP contribution in [-0.2, 0) is 16.2 Å². The Morgan fingerprint density at radius 2 is 1.78 bits per heavy atom. The van der Waals surface area contributed by atoms with Crippen LogP contribution in [0.3, 0.4) is 0 Å². The molecular weight excluding hydrogens is 559 g/mol. The molecule has 3 amide bonds. The zero-order chi connectivity index (χ0) is 26.5. The molecule has 1 aliphatic heterocycles. The number of amides is 3. The van der Waals surface area contributed by atoms with Gasteiger partial charge in [0.15, 0.2) is 0 Å². The molecule has 1 heterocycles. The van der Waals surface area contributed by atoms with Gasteiger partial charge in [-0.15, -0.1) is 0 Å². The fourth-order valence-corrected chi connectivity index (χ4v) is 4.79. The standard InChI is InChI=1S/C28H24BrFN2O4S/c1-17(2)19-5-10-23(11-6-19)31-26(33)15-32-27(34)25(37-28(32)35)14-20-13-21(29)7-12-24(20)36-16-18-3-8-22(30)9-4-18/h3-14,17H,15-16H2,1-2H3,(H,31,33)/b25-14-. The first-order valence-corrected chi connectivity index (χ1v) is 13.1. The molecule has 0 aliphatic carbocycles. The van der Waals surface area contributed by atoms with Gasteiger partial charge in [0.2, 0.25) is 5.91 Å². The molecule has 3 aromatic carbocycles. The minimum Gasteiger partial charge on any atom is -0.488 e. The van der Waals surface area contributed by atoms with Crippen LogP contribution in [0.15, 0.2) is 76.1 Å². The molecule has 0 spiro atoms. The summed E-state index contributed by atoms with van der Waals surface area (Å²) in [6.45, 7) is 3.97. The Bertz CT molecular complexity index is 1360. The second-order valence-electron chi connectivity index (χ2n) is 8.69. The van der Waals surface area contributed by atoms with Gasteiger partial charge < -0.3 is 10.1 Å². The molecule has 0 saturated carbocycles. The largest absolute Gasteiger partial charge is 0.488 e. The van der Waals surface area contributed by atoms with Crippen LogP contribution in [0.4, 0.5) is 14.9 Å². The van der Waals surface area contributed by atoms with Gasteiger partial charge in [0, 0.05) is 15.7 Å². The number of halogens is 2. The number of thioether (sulfide) groups is 1. The van der Waals surface area contributed by atoms with Crippen LogP contribution >= 0.6 is 27.7 Å². The lowest BCUT2D eigenvalue weighted by Gasteiger charge is -2.13. The van der Waals surface area contributed by atoms with Gasteiger partial charge in [-0.1, -0.05) is 54.0 Å². The maximum Gasteiger partial charge on any atom is 0.294 e. The van der Waals surface area contributed by atoms with Gasteiger partial charge in [0.05, 0.1) is 4.91 Å². The van der Waals surface area contributed by atoms with Crippen LogP contribution in [0, 0.1) is 5.82 Å². The van der Waals surface area contributed by atoms with E-state index in [2.05, 4.69) is 35.1 Å². The van der Waals surface area contributed by atoms with E-state index in [0.717, 1.165) is 32.3 Å². The van der Waals surface area contributed by atoms with Crippen LogP contribution < -0.4 is 10.1 Å². The fraction of sp³-hybridized carbons (Fsp3) is 0.179. The lowest BCUT2D eigenvalue weighted by Crippen LogP contribution is -2.36. The van der Waals surface area contributed by atoms with Crippen LogP contribution in [0.2, 0.25) is 0 Å². The predicted molar refractivity (Wildman–Crippen MR) is 147 cm³/mol. The third-order valence-corrected chi connectivity index (χ3v) is 7.00. The van der Waals surface area contributed by atoms with Crippen LogP contribution in [0.25, 0.3) is 6.08 Å². The average Bonchev–Trinajstić information content (AvgIpc) is 3.12. The third kappa shape index (κ3) is 6.87. The monoisotopic (exact) mass is 582 g/mol. The lowest BCUT2D eigenvalue weighted by atomic mass is 10.0. The molecule has 0 unspecified atom stereocenters. The second kappa shape index (κ2) is 11.7. The van der Waals surface area contributed by atoms with Gasteiger partial charge in [-0.3, -0.25) is 19.3 Å². The molecule has 9 heteroatoms. The number of rotatable bonds is 8. The predicted octanol–water partition coefficient (Wildman–Crippen LogP) is 6.97. The Balaban J connectivity index is 1.45. The third-order valence-electron chi connectivity index (χ3n) is 5.60. The molecule has 6 nitrogen and oxygen atoms in total. The molecule has 0 radical (unpaired) electrons. The molecule has 1 N–H and O–H groups in total. The molecule has 1 aliphatic rings. The highest BCUT2D eigenvalue weighted by atomic mass is 79.9. The van der Waals surface area contributed by atoms with Gasteiger partial charge in [-0.05, 0) is 77.3 Å². The topological polar surface area (TPSA) is 75.7 Å². The summed E-state index contributed by atoms with van der Waals surface area (Å²) in [4.78, 5) is 39.2. The highest BCUT2D eigenvalue weighted by Crippen LogP contribution is 2.35. The Morgan fingerprint density at radius 3 is 2.46 bits per heavy atom. The van der Waals surface area contributed by atoms with Crippen LogP contribution in [0.1, 0.15) is 36.5 Å². The van der Waals surface area contributed by atoms with Crippen molar-refractivity contribution >= 4 is 56.5 Å². The van der Waals surface area contributed by atoms with Crippen LogP contribution in [-0.4, -0.2) is 28.5 Å². The Kier molecular flexibility index (Phi) is 8.45. The summed E-state index contributed by atoms with van der Waals surface area (Å²) in [5, 5.41) is 2.21. The highest BCUT2D eigenvalue weighted by molar-refractivity contribution is 9.10. The number of carbonyl (C=O) groups is 3. The smallest absolute Gasteiger partial charge is 0.294 e. The number of hydrogen-bond acceptors (Lipinski definition) is 5. The van der Waals surface area contributed by atoms with Gasteiger partial charge in [-0.25, -0.2) is 4.39 Å². The lowest BCUT2D eigenvalue weighted by molar-refractivity contribution is -0.127. The molecule has 4 rings (SSSR count). The summed E-state index contributed by atoms with van der Waals surface area (Å²) in [5.74, 6) is -0.495. The molecule has 1 fully saturated rings. The summed E-state index contributed by atoms with van der Waals surface area (Å²) >= 11 is 4.18. The first-order chi connectivity index (χ1) is 17.7. The van der Waals surface area contributed by atoms with E-state index < -0.39 is 17.1 Å². The molecular formula is C28H24BrFN2O4S. The molecule has 0 bridgehead atoms. The average molecular weight is 583 g/mol. The van der Waals surface area contributed by atoms with Crippen molar-refractivity contribution in [1.82, 2.24) is 4.90 Å². The maximum absolute atomic E-state index is 13.2. The van der Waals surface area contributed by atoms with Crippen molar-refractivity contribution in [2.75, 3.05) is 11.9 Å². The van der Waals surface area contributed by atoms with Crippen molar-refractivity contribution in [3.05, 3.63) is 98.6 Å². The summed E-state index contributed by atoms with van der Waals surface area (Å²) in [6, 6.07) is 18.7. The van der Waals surface area contributed by atoms with E-state index in [-0.39, 0.29) is 23.9 Å². The van der Waals surface area contributed by atoms with E-state index >= 15 is 0 Å². The Labute approximate surface area is 227 Å². The SMILES string of the molecule is CC(C)c1ccc(NC(=O)CN2C(=O)S/C(=C\c3cc(Br)ccc3OCc3ccc(F)cc3)C2=O)cc1. The number of nitrogens with one attached hydrogen (secondary N) is 1. The van der Waals surface area contributed by atoms with Crippen molar-refractivity contribution in [3.63, 3.8) is 0 Å². The summed E-state index contributed by atoms with van der Waals surface area (Å²) in [7, 11) is 0. The van der Waals surface area contributed by atoms with E-state index in [0.29, 0.717) is 22.9 Å². The summed E-state index contributed by atoms with van der Waals surface area (Å²) in [5.41, 5.74) is 3.09. The number of imide groups is 1. The molecule has 1 saturated heterocycles. The van der Waals surface area contributed by atoms with E-state index in [1.54, 1.807) is 48.5 Å². The van der Waals surface area contributed by atoms with E-state index in [4.69, 9.17) is 4.74 Å². The molecule has 190 valence electrons.